The van der Waals surface area contributed by atoms with Crippen LogP contribution in [0.5, 0.6) is 0 Å². The Morgan fingerprint density at radius 2 is 1.54 bits per heavy atom. The first-order valence-corrected chi connectivity index (χ1v) is 11.6. The minimum atomic E-state index is -5.60. The quantitative estimate of drug-likeness (QED) is 0.298. The van der Waals surface area contributed by atoms with Crippen molar-refractivity contribution in [3.8, 4) is 11.1 Å². The number of sulfonamides is 1. The van der Waals surface area contributed by atoms with Crippen LogP contribution in [-0.2, 0) is 29.0 Å². The van der Waals surface area contributed by atoms with Crippen molar-refractivity contribution in [2.75, 3.05) is 4.72 Å². The van der Waals surface area contributed by atoms with Crippen LogP contribution in [0.1, 0.15) is 17.0 Å². The lowest BCUT2D eigenvalue weighted by Crippen LogP contribution is -2.30. The SMILES string of the molecule is O=S(=O)(Nc1ccccc1-c1ccc2nc(CCc3ccc(C(F)(F)F)cc3)[nH]c2c1)C(F)(F)F. The third kappa shape index (κ3) is 5.42. The van der Waals surface area contributed by atoms with Crippen molar-refractivity contribution in [2.45, 2.75) is 24.5 Å². The average molecular weight is 513 g/mol. The van der Waals surface area contributed by atoms with Gasteiger partial charge in [-0.15, -0.1) is 0 Å². The van der Waals surface area contributed by atoms with Crippen LogP contribution >= 0.6 is 0 Å². The van der Waals surface area contributed by atoms with Crippen LogP contribution < -0.4 is 4.72 Å². The van der Waals surface area contributed by atoms with Gasteiger partial charge in [0.2, 0.25) is 0 Å². The zero-order chi connectivity index (χ0) is 25.4. The molecule has 0 aliphatic carbocycles. The predicted molar refractivity (Wildman–Crippen MR) is 119 cm³/mol. The summed E-state index contributed by atoms with van der Waals surface area (Å²) in [4.78, 5) is 7.53. The summed E-state index contributed by atoms with van der Waals surface area (Å²) in [6.07, 6.45) is -3.55. The van der Waals surface area contributed by atoms with E-state index in [1.165, 1.54) is 30.3 Å². The van der Waals surface area contributed by atoms with Crippen LogP contribution in [0.4, 0.5) is 32.0 Å². The van der Waals surface area contributed by atoms with Gasteiger partial charge in [-0.25, -0.2) is 4.98 Å². The summed E-state index contributed by atoms with van der Waals surface area (Å²) in [7, 11) is -5.60. The van der Waals surface area contributed by atoms with E-state index in [1.54, 1.807) is 29.0 Å². The van der Waals surface area contributed by atoms with Gasteiger partial charge in [0.25, 0.3) is 0 Å². The van der Waals surface area contributed by atoms with E-state index in [2.05, 4.69) is 9.97 Å². The molecule has 1 aromatic heterocycles. The zero-order valence-electron chi connectivity index (χ0n) is 17.7. The largest absolute Gasteiger partial charge is 0.516 e. The number of aryl methyl sites for hydroxylation is 2. The molecule has 0 amide bonds. The molecule has 0 bridgehead atoms. The summed E-state index contributed by atoms with van der Waals surface area (Å²) in [6.45, 7) is 0. The molecule has 0 aliphatic rings. The lowest BCUT2D eigenvalue weighted by atomic mass is 10.0. The van der Waals surface area contributed by atoms with Gasteiger partial charge in [-0.05, 0) is 47.9 Å². The molecule has 0 fully saturated rings. The van der Waals surface area contributed by atoms with E-state index >= 15 is 0 Å². The number of rotatable bonds is 6. The van der Waals surface area contributed by atoms with E-state index in [0.717, 1.165) is 12.1 Å². The topological polar surface area (TPSA) is 74.8 Å². The molecule has 0 spiro atoms. The fourth-order valence-electron chi connectivity index (χ4n) is 3.50. The summed E-state index contributed by atoms with van der Waals surface area (Å²) in [6, 6.07) is 15.4. The number of alkyl halides is 6. The van der Waals surface area contributed by atoms with E-state index < -0.39 is 27.3 Å². The average Bonchev–Trinajstić information content (AvgIpc) is 3.19. The number of aromatic nitrogens is 2. The number of nitrogens with one attached hydrogen (secondary N) is 2. The Morgan fingerprint density at radius 1 is 0.857 bits per heavy atom. The highest BCUT2D eigenvalue weighted by molar-refractivity contribution is 7.93. The van der Waals surface area contributed by atoms with Gasteiger partial charge in [0.1, 0.15) is 5.82 Å². The summed E-state index contributed by atoms with van der Waals surface area (Å²) >= 11 is 0. The number of para-hydroxylation sites is 1. The van der Waals surface area contributed by atoms with Crippen molar-refractivity contribution >= 4 is 26.7 Å². The Balaban J connectivity index is 1.55. The maximum Gasteiger partial charge on any atom is 0.516 e. The molecular weight excluding hydrogens is 496 g/mol. The number of anilines is 1. The smallest absolute Gasteiger partial charge is 0.342 e. The minimum Gasteiger partial charge on any atom is -0.342 e. The first kappa shape index (κ1) is 24.6. The second kappa shape index (κ2) is 8.91. The monoisotopic (exact) mass is 513 g/mol. The summed E-state index contributed by atoms with van der Waals surface area (Å²) in [5.74, 6) is 0.572. The molecule has 0 radical (unpaired) electrons. The Hall–Kier alpha value is -3.54. The van der Waals surface area contributed by atoms with Gasteiger partial charge >= 0.3 is 21.7 Å². The van der Waals surface area contributed by atoms with Gasteiger partial charge in [0.15, 0.2) is 0 Å². The van der Waals surface area contributed by atoms with Crippen LogP contribution in [0.25, 0.3) is 22.2 Å². The van der Waals surface area contributed by atoms with E-state index in [1.807, 2.05) is 0 Å². The molecule has 0 saturated heterocycles. The molecule has 1 heterocycles. The van der Waals surface area contributed by atoms with Gasteiger partial charge in [-0.2, -0.15) is 34.8 Å². The molecule has 12 heteroatoms. The Kier molecular flexibility index (Phi) is 6.26. The molecule has 4 rings (SSSR count). The van der Waals surface area contributed by atoms with E-state index in [0.29, 0.717) is 40.8 Å². The fraction of sp³-hybridized carbons (Fsp3) is 0.174. The Morgan fingerprint density at radius 3 is 2.20 bits per heavy atom. The van der Waals surface area contributed by atoms with Gasteiger partial charge in [0.05, 0.1) is 22.3 Å². The standard InChI is InChI=1S/C23H17F6N3O2S/c24-22(25,26)16-9-5-14(6-10-16)7-12-21-30-19-11-8-15(13-20(19)31-21)17-3-1-2-4-18(17)32-35(33,34)23(27,28)29/h1-6,8-11,13,32H,7,12H2,(H,30,31). The lowest BCUT2D eigenvalue weighted by Gasteiger charge is -2.14. The number of hydrogen-bond acceptors (Lipinski definition) is 3. The summed E-state index contributed by atoms with van der Waals surface area (Å²) in [5.41, 5.74) is -3.89. The van der Waals surface area contributed by atoms with Crippen molar-refractivity contribution in [2.24, 2.45) is 0 Å². The van der Waals surface area contributed by atoms with Crippen molar-refractivity contribution < 1.29 is 34.8 Å². The Labute approximate surface area is 195 Å². The maximum absolute atomic E-state index is 12.8. The van der Waals surface area contributed by atoms with Gasteiger partial charge in [-0.1, -0.05) is 36.4 Å². The third-order valence-corrected chi connectivity index (χ3v) is 6.35. The van der Waals surface area contributed by atoms with Crippen LogP contribution in [0.2, 0.25) is 0 Å². The number of nitrogens with zero attached hydrogens (tertiary/aromatic N) is 1. The van der Waals surface area contributed by atoms with Crippen molar-refractivity contribution in [3.05, 3.63) is 83.7 Å². The van der Waals surface area contributed by atoms with Crippen LogP contribution in [0, 0.1) is 0 Å². The first-order valence-electron chi connectivity index (χ1n) is 10.2. The highest BCUT2D eigenvalue weighted by Gasteiger charge is 2.46. The summed E-state index contributed by atoms with van der Waals surface area (Å²) < 4.78 is 101. The number of hydrogen-bond donors (Lipinski definition) is 2. The predicted octanol–water partition coefficient (Wildman–Crippen LogP) is 6.30. The van der Waals surface area contributed by atoms with Crippen LogP contribution in [-0.4, -0.2) is 23.9 Å². The second-order valence-electron chi connectivity index (χ2n) is 7.71. The molecule has 0 aliphatic heterocycles. The van der Waals surface area contributed by atoms with Crippen molar-refractivity contribution in [3.63, 3.8) is 0 Å². The molecule has 4 aromatic rings. The number of fused-ring (bicyclic) bond motifs is 1. The summed E-state index contributed by atoms with van der Waals surface area (Å²) in [5, 5.41) is 0. The zero-order valence-corrected chi connectivity index (χ0v) is 18.5. The van der Waals surface area contributed by atoms with Crippen molar-refractivity contribution in [1.29, 1.82) is 0 Å². The number of aromatic amines is 1. The highest BCUT2D eigenvalue weighted by Crippen LogP contribution is 2.33. The van der Waals surface area contributed by atoms with Crippen molar-refractivity contribution in [1.82, 2.24) is 9.97 Å². The molecular formula is C23H17F6N3O2S. The molecule has 0 saturated carbocycles. The number of halogens is 6. The minimum absolute atomic E-state index is 0.230. The van der Waals surface area contributed by atoms with Crippen LogP contribution in [0.15, 0.2) is 66.7 Å². The van der Waals surface area contributed by atoms with Gasteiger partial charge in [-0.3, -0.25) is 4.72 Å². The molecule has 5 nitrogen and oxygen atoms in total. The van der Waals surface area contributed by atoms with E-state index in [-0.39, 0.29) is 11.3 Å². The maximum atomic E-state index is 12.8. The molecule has 3 aromatic carbocycles. The normalized spacial score (nSPS) is 12.7. The van der Waals surface area contributed by atoms with Crippen LogP contribution in [0.3, 0.4) is 0 Å². The molecule has 0 unspecified atom stereocenters. The number of imidazole rings is 1. The van der Waals surface area contributed by atoms with Gasteiger partial charge in [0, 0.05) is 12.0 Å². The van der Waals surface area contributed by atoms with E-state index in [9.17, 15) is 34.8 Å². The number of benzene rings is 3. The number of H-pyrrole nitrogens is 1. The third-order valence-electron chi connectivity index (χ3n) is 5.25. The highest BCUT2D eigenvalue weighted by atomic mass is 32.2. The van der Waals surface area contributed by atoms with E-state index in [4.69, 9.17) is 0 Å². The molecule has 0 atom stereocenters. The fourth-order valence-corrected chi connectivity index (χ4v) is 4.08. The second-order valence-corrected chi connectivity index (χ2v) is 9.38. The lowest BCUT2D eigenvalue weighted by molar-refractivity contribution is -0.137. The molecule has 2 N–H and O–H groups in total. The molecule has 35 heavy (non-hydrogen) atoms. The molecule has 184 valence electrons. The first-order chi connectivity index (χ1) is 16.3. The Bertz CT molecular complexity index is 1460. The van der Waals surface area contributed by atoms with Gasteiger partial charge < -0.3 is 4.98 Å².